The van der Waals surface area contributed by atoms with E-state index >= 15 is 0 Å². The Morgan fingerprint density at radius 3 is 2.83 bits per heavy atom. The van der Waals surface area contributed by atoms with E-state index in [-0.39, 0.29) is 17.9 Å². The number of nitrogens with one attached hydrogen (secondary N) is 1. The molecule has 3 rings (SSSR count). The van der Waals surface area contributed by atoms with Crippen molar-refractivity contribution in [1.29, 1.82) is 0 Å². The smallest absolute Gasteiger partial charge is 0.317 e. The van der Waals surface area contributed by atoms with Gasteiger partial charge >= 0.3 is 6.03 Å². The molecule has 2 aliphatic heterocycles. The molecular weight excluding hydrogens is 310 g/mol. The van der Waals surface area contributed by atoms with E-state index in [4.69, 9.17) is 15.2 Å². The molecular formula is C17H23N3O4. The number of hydrogen-bond acceptors (Lipinski definition) is 4. The summed E-state index contributed by atoms with van der Waals surface area (Å²) in [7, 11) is 0. The van der Waals surface area contributed by atoms with Crippen LogP contribution in [0.15, 0.2) is 18.2 Å². The molecule has 0 bridgehead atoms. The molecule has 7 nitrogen and oxygen atoms in total. The quantitative estimate of drug-likeness (QED) is 0.856. The number of fused-ring (bicyclic) bond motifs is 1. The number of primary amides is 1. The molecule has 1 aromatic carbocycles. The minimum absolute atomic E-state index is 0.140. The van der Waals surface area contributed by atoms with Crippen LogP contribution in [-0.2, 0) is 11.2 Å². The van der Waals surface area contributed by atoms with E-state index in [0.29, 0.717) is 39.3 Å². The number of rotatable bonds is 4. The Kier molecular flexibility index (Phi) is 5.08. The van der Waals surface area contributed by atoms with Gasteiger partial charge in [0.15, 0.2) is 11.5 Å². The van der Waals surface area contributed by atoms with Crippen molar-refractivity contribution in [3.05, 3.63) is 23.8 Å². The zero-order valence-electron chi connectivity index (χ0n) is 13.6. The number of hydrogen-bond donors (Lipinski definition) is 2. The molecule has 24 heavy (non-hydrogen) atoms. The van der Waals surface area contributed by atoms with Crippen LogP contribution in [0.2, 0.25) is 0 Å². The van der Waals surface area contributed by atoms with Crippen LogP contribution in [0.1, 0.15) is 18.4 Å². The fourth-order valence-electron chi connectivity index (χ4n) is 3.06. The number of urea groups is 1. The summed E-state index contributed by atoms with van der Waals surface area (Å²) < 4.78 is 11.0. The fraction of sp³-hybridized carbons (Fsp3) is 0.529. The highest BCUT2D eigenvalue weighted by molar-refractivity contribution is 5.79. The van der Waals surface area contributed by atoms with E-state index in [1.54, 1.807) is 4.90 Å². The standard InChI is InChI=1S/C17H23N3O4/c18-16(21)13-2-1-7-20(11-13)17(22)19-6-5-12-3-4-14-15(10-12)24-9-8-23-14/h3-4,10,13H,1-2,5-9,11H2,(H2,18,21)(H,19,22)/t13-/m1/s1. The summed E-state index contributed by atoms with van der Waals surface area (Å²) in [6.45, 7) is 2.73. The van der Waals surface area contributed by atoms with Crippen LogP contribution in [0.25, 0.3) is 0 Å². The highest BCUT2D eigenvalue weighted by atomic mass is 16.6. The van der Waals surface area contributed by atoms with Crippen LogP contribution in [-0.4, -0.2) is 49.7 Å². The monoisotopic (exact) mass is 333 g/mol. The number of nitrogens with zero attached hydrogens (tertiary/aromatic N) is 1. The molecule has 0 aliphatic carbocycles. The van der Waals surface area contributed by atoms with Gasteiger partial charge in [0.1, 0.15) is 13.2 Å². The third-order valence-electron chi connectivity index (χ3n) is 4.41. The predicted octanol–water partition coefficient (Wildman–Crippen LogP) is 0.907. The van der Waals surface area contributed by atoms with E-state index in [1.807, 2.05) is 18.2 Å². The van der Waals surface area contributed by atoms with Gasteiger partial charge in [-0.15, -0.1) is 0 Å². The van der Waals surface area contributed by atoms with Crippen molar-refractivity contribution in [1.82, 2.24) is 10.2 Å². The first kappa shape index (κ1) is 16.4. The maximum atomic E-state index is 12.2. The van der Waals surface area contributed by atoms with Gasteiger partial charge in [0.25, 0.3) is 0 Å². The van der Waals surface area contributed by atoms with Crippen molar-refractivity contribution >= 4 is 11.9 Å². The Labute approximate surface area is 141 Å². The number of ether oxygens (including phenoxy) is 2. The second-order valence-corrected chi connectivity index (χ2v) is 6.15. The SMILES string of the molecule is NC(=O)[C@@H]1CCCN(C(=O)NCCc2ccc3c(c2)OCCO3)C1. The van der Waals surface area contributed by atoms with Gasteiger partial charge < -0.3 is 25.4 Å². The summed E-state index contributed by atoms with van der Waals surface area (Å²) in [5.74, 6) is 0.955. The van der Waals surface area contributed by atoms with Gasteiger partial charge in [-0.25, -0.2) is 4.79 Å². The fourth-order valence-corrected chi connectivity index (χ4v) is 3.06. The topological polar surface area (TPSA) is 93.9 Å². The Bertz CT molecular complexity index is 620. The van der Waals surface area contributed by atoms with E-state index in [1.165, 1.54) is 0 Å². The third kappa shape index (κ3) is 3.90. The Morgan fingerprint density at radius 2 is 2.04 bits per heavy atom. The van der Waals surface area contributed by atoms with Crippen LogP contribution in [0.4, 0.5) is 4.79 Å². The lowest BCUT2D eigenvalue weighted by Gasteiger charge is -2.31. The van der Waals surface area contributed by atoms with Crippen molar-refractivity contribution in [3.63, 3.8) is 0 Å². The van der Waals surface area contributed by atoms with Crippen LogP contribution in [0.5, 0.6) is 11.5 Å². The van der Waals surface area contributed by atoms with Crippen molar-refractivity contribution in [2.75, 3.05) is 32.8 Å². The Hall–Kier alpha value is -2.44. The summed E-state index contributed by atoms with van der Waals surface area (Å²) in [6.07, 6.45) is 2.27. The molecule has 0 spiro atoms. The molecule has 2 aliphatic rings. The van der Waals surface area contributed by atoms with Gasteiger partial charge in [-0.05, 0) is 37.0 Å². The van der Waals surface area contributed by atoms with E-state index in [9.17, 15) is 9.59 Å². The summed E-state index contributed by atoms with van der Waals surface area (Å²) in [5.41, 5.74) is 6.42. The predicted molar refractivity (Wildman–Crippen MR) is 88.0 cm³/mol. The van der Waals surface area contributed by atoms with Gasteiger partial charge in [-0.1, -0.05) is 6.07 Å². The minimum atomic E-state index is -0.330. The highest BCUT2D eigenvalue weighted by Crippen LogP contribution is 2.30. The molecule has 1 saturated heterocycles. The van der Waals surface area contributed by atoms with E-state index in [0.717, 1.165) is 29.9 Å². The normalized spacial score (nSPS) is 19.7. The number of amides is 3. The third-order valence-corrected chi connectivity index (χ3v) is 4.41. The maximum Gasteiger partial charge on any atom is 0.317 e. The highest BCUT2D eigenvalue weighted by Gasteiger charge is 2.26. The molecule has 0 unspecified atom stereocenters. The Morgan fingerprint density at radius 1 is 1.25 bits per heavy atom. The first-order valence-electron chi connectivity index (χ1n) is 8.34. The average molecular weight is 333 g/mol. The molecule has 1 atom stereocenters. The molecule has 7 heteroatoms. The van der Waals surface area contributed by atoms with Crippen molar-refractivity contribution in [2.45, 2.75) is 19.3 Å². The number of carbonyl (C=O) groups excluding carboxylic acids is 2. The lowest BCUT2D eigenvalue weighted by atomic mass is 9.98. The molecule has 130 valence electrons. The zero-order valence-corrected chi connectivity index (χ0v) is 13.6. The molecule has 3 amide bonds. The number of nitrogens with two attached hydrogens (primary N) is 1. The Balaban J connectivity index is 1.47. The molecule has 3 N–H and O–H groups in total. The van der Waals surface area contributed by atoms with Crippen molar-refractivity contribution in [2.24, 2.45) is 11.7 Å². The average Bonchev–Trinajstić information content (AvgIpc) is 2.61. The zero-order chi connectivity index (χ0) is 16.9. The number of carbonyl (C=O) groups is 2. The molecule has 1 aromatic rings. The van der Waals surface area contributed by atoms with Crippen LogP contribution < -0.4 is 20.5 Å². The number of piperidine rings is 1. The molecule has 1 fully saturated rings. The van der Waals surface area contributed by atoms with Gasteiger partial charge in [-0.3, -0.25) is 4.79 Å². The molecule has 0 radical (unpaired) electrons. The largest absolute Gasteiger partial charge is 0.486 e. The van der Waals surface area contributed by atoms with Gasteiger partial charge in [0.2, 0.25) is 5.91 Å². The van der Waals surface area contributed by atoms with Gasteiger partial charge in [-0.2, -0.15) is 0 Å². The van der Waals surface area contributed by atoms with Crippen LogP contribution in [0.3, 0.4) is 0 Å². The number of benzene rings is 1. The first-order chi connectivity index (χ1) is 11.6. The first-order valence-corrected chi connectivity index (χ1v) is 8.34. The van der Waals surface area contributed by atoms with Crippen LogP contribution >= 0.6 is 0 Å². The summed E-state index contributed by atoms with van der Waals surface area (Å²) >= 11 is 0. The summed E-state index contributed by atoms with van der Waals surface area (Å²) in [5, 5.41) is 2.90. The van der Waals surface area contributed by atoms with Crippen molar-refractivity contribution in [3.8, 4) is 11.5 Å². The minimum Gasteiger partial charge on any atom is -0.486 e. The summed E-state index contributed by atoms with van der Waals surface area (Å²) in [4.78, 5) is 25.2. The second-order valence-electron chi connectivity index (χ2n) is 6.15. The van der Waals surface area contributed by atoms with Crippen molar-refractivity contribution < 1.29 is 19.1 Å². The van der Waals surface area contributed by atoms with E-state index < -0.39 is 0 Å². The molecule has 0 aromatic heterocycles. The lowest BCUT2D eigenvalue weighted by molar-refractivity contribution is -0.123. The van der Waals surface area contributed by atoms with Gasteiger partial charge in [0, 0.05) is 19.6 Å². The molecule has 0 saturated carbocycles. The second kappa shape index (κ2) is 7.42. The molecule has 2 heterocycles. The van der Waals surface area contributed by atoms with Gasteiger partial charge in [0.05, 0.1) is 5.92 Å². The maximum absolute atomic E-state index is 12.2. The van der Waals surface area contributed by atoms with E-state index in [2.05, 4.69) is 5.32 Å². The number of likely N-dealkylation sites (tertiary alicyclic amines) is 1. The summed E-state index contributed by atoms with van der Waals surface area (Å²) in [6, 6.07) is 5.68. The van der Waals surface area contributed by atoms with Crippen LogP contribution in [0, 0.1) is 5.92 Å². The lowest BCUT2D eigenvalue weighted by Crippen LogP contribution is -2.48.